The van der Waals surface area contributed by atoms with Crippen molar-refractivity contribution in [1.82, 2.24) is 16.0 Å². The fraction of sp³-hybridized carbons (Fsp3) is 0.167. The lowest BCUT2D eigenvalue weighted by Crippen LogP contribution is -2.48. The number of hydrogen-bond donors (Lipinski definition) is 5. The molecule has 0 radical (unpaired) electrons. The zero-order valence-electron chi connectivity index (χ0n) is 19.2. The number of carboxylic acids is 1. The van der Waals surface area contributed by atoms with Gasteiger partial charge in [-0.3, -0.25) is 14.4 Å². The highest BCUT2D eigenvalue weighted by Gasteiger charge is 2.25. The molecule has 0 aliphatic carbocycles. The smallest absolute Gasteiger partial charge is 0.328 e. The molecule has 1 aromatic heterocycles. The first-order chi connectivity index (χ1) is 17.6. The van der Waals surface area contributed by atoms with Gasteiger partial charge in [-0.2, -0.15) is 0 Å². The lowest BCUT2D eigenvalue weighted by molar-refractivity contribution is -0.139. The van der Waals surface area contributed by atoms with Gasteiger partial charge in [0.15, 0.2) is 5.75 Å². The molecule has 0 saturated carbocycles. The summed E-state index contributed by atoms with van der Waals surface area (Å²) in [5, 5.41) is 27.8. The summed E-state index contributed by atoms with van der Waals surface area (Å²) in [6, 6.07) is 8.84. The summed E-state index contributed by atoms with van der Waals surface area (Å²) in [4.78, 5) is 49.2. The van der Waals surface area contributed by atoms with E-state index >= 15 is 0 Å². The van der Waals surface area contributed by atoms with Crippen molar-refractivity contribution in [1.29, 1.82) is 0 Å². The third-order valence-corrected chi connectivity index (χ3v) is 6.56. The largest absolute Gasteiger partial charge is 0.508 e. The zero-order chi connectivity index (χ0) is 27.1. The Bertz CT molecular complexity index is 1350. The van der Waals surface area contributed by atoms with Crippen LogP contribution < -0.4 is 20.7 Å². The van der Waals surface area contributed by atoms with E-state index in [1.165, 1.54) is 42.8 Å². The standard InChI is InChI=1S/C24H21Cl2N3O7S/c1-36-19-16(11-37-20(19)26)22(32)28-10-18(24(34)35)29-23(33)15-6-5-13(8-17(15)25)21(31)27-9-12-3-2-4-14(30)7-12/h2-8,11,18,30H,9-10H2,1H3,(H,27,31)(H,28,32)(H,29,33)(H,34,35). The highest BCUT2D eigenvalue weighted by Crippen LogP contribution is 2.34. The van der Waals surface area contributed by atoms with E-state index in [1.807, 2.05) is 0 Å². The highest BCUT2D eigenvalue weighted by atomic mass is 35.5. The van der Waals surface area contributed by atoms with Crippen molar-refractivity contribution in [2.45, 2.75) is 12.6 Å². The number of carbonyl (C=O) groups excluding carboxylic acids is 3. The van der Waals surface area contributed by atoms with Gasteiger partial charge in [0.25, 0.3) is 17.7 Å². The fourth-order valence-electron chi connectivity index (χ4n) is 3.19. The Kier molecular flexibility index (Phi) is 9.34. The number of hydrogen-bond acceptors (Lipinski definition) is 7. The molecule has 0 saturated heterocycles. The van der Waals surface area contributed by atoms with Gasteiger partial charge in [-0.1, -0.05) is 35.3 Å². The summed E-state index contributed by atoms with van der Waals surface area (Å²) >= 11 is 13.2. The molecule has 0 bridgehead atoms. The molecular formula is C24H21Cl2N3O7S. The minimum atomic E-state index is -1.47. The van der Waals surface area contributed by atoms with Gasteiger partial charge in [-0.25, -0.2) is 4.79 Å². The summed E-state index contributed by atoms with van der Waals surface area (Å²) in [6.45, 7) is -0.272. The van der Waals surface area contributed by atoms with Crippen LogP contribution in [0.2, 0.25) is 9.36 Å². The number of aromatic hydroxyl groups is 1. The van der Waals surface area contributed by atoms with Crippen LogP contribution in [-0.4, -0.2) is 53.6 Å². The Hall–Kier alpha value is -3.80. The van der Waals surface area contributed by atoms with E-state index in [4.69, 9.17) is 27.9 Å². The van der Waals surface area contributed by atoms with Crippen LogP contribution in [0.1, 0.15) is 36.6 Å². The molecule has 1 atom stereocenters. The first kappa shape index (κ1) is 27.8. The Morgan fingerprint density at radius 2 is 1.76 bits per heavy atom. The van der Waals surface area contributed by atoms with E-state index in [0.29, 0.717) is 5.56 Å². The van der Waals surface area contributed by atoms with Crippen molar-refractivity contribution in [3.63, 3.8) is 0 Å². The molecule has 1 unspecified atom stereocenters. The molecule has 0 spiro atoms. The number of halogens is 2. The molecule has 0 fully saturated rings. The third kappa shape index (κ3) is 7.13. The number of benzene rings is 2. The van der Waals surface area contributed by atoms with E-state index in [-0.39, 0.29) is 44.1 Å². The number of rotatable bonds is 10. The lowest BCUT2D eigenvalue weighted by atomic mass is 10.1. The minimum Gasteiger partial charge on any atom is -0.508 e. The van der Waals surface area contributed by atoms with Crippen LogP contribution in [-0.2, 0) is 11.3 Å². The molecule has 5 N–H and O–H groups in total. The number of aliphatic carboxylic acids is 1. The number of thiophene rings is 1. The first-order valence-electron chi connectivity index (χ1n) is 10.6. The van der Waals surface area contributed by atoms with Crippen molar-refractivity contribution in [2.24, 2.45) is 0 Å². The zero-order valence-corrected chi connectivity index (χ0v) is 21.5. The van der Waals surface area contributed by atoms with Crippen LogP contribution in [0.3, 0.4) is 0 Å². The number of phenols is 1. The van der Waals surface area contributed by atoms with Gasteiger partial charge in [0, 0.05) is 24.0 Å². The SMILES string of the molecule is COc1c(C(=O)NCC(NC(=O)c2ccc(C(=O)NCc3cccc(O)c3)cc2Cl)C(=O)O)csc1Cl. The molecule has 3 aromatic rings. The Balaban J connectivity index is 1.62. The van der Waals surface area contributed by atoms with E-state index in [9.17, 15) is 29.4 Å². The van der Waals surface area contributed by atoms with Crippen LogP contribution >= 0.6 is 34.5 Å². The van der Waals surface area contributed by atoms with E-state index in [1.54, 1.807) is 12.1 Å². The second-order valence-electron chi connectivity index (χ2n) is 7.58. The maximum absolute atomic E-state index is 12.7. The summed E-state index contributed by atoms with van der Waals surface area (Å²) in [7, 11) is 1.35. The molecule has 3 rings (SSSR count). The second kappa shape index (κ2) is 12.4. The monoisotopic (exact) mass is 565 g/mol. The molecule has 194 valence electrons. The third-order valence-electron chi connectivity index (χ3n) is 5.06. The topological polar surface area (TPSA) is 154 Å². The van der Waals surface area contributed by atoms with E-state index in [0.717, 1.165) is 11.3 Å². The second-order valence-corrected chi connectivity index (χ2v) is 9.47. The lowest BCUT2D eigenvalue weighted by Gasteiger charge is -2.16. The van der Waals surface area contributed by atoms with Crippen molar-refractivity contribution >= 4 is 58.2 Å². The molecular weight excluding hydrogens is 545 g/mol. The van der Waals surface area contributed by atoms with Crippen LogP contribution in [0.15, 0.2) is 47.8 Å². The Morgan fingerprint density at radius 1 is 1.00 bits per heavy atom. The van der Waals surface area contributed by atoms with Gasteiger partial charge in [-0.15, -0.1) is 11.3 Å². The van der Waals surface area contributed by atoms with Crippen LogP contribution in [0.25, 0.3) is 0 Å². The predicted octanol–water partition coefficient (Wildman–Crippen LogP) is 3.31. The van der Waals surface area contributed by atoms with Crippen molar-refractivity contribution in [3.05, 3.63) is 79.5 Å². The van der Waals surface area contributed by atoms with Gasteiger partial charge in [-0.05, 0) is 35.9 Å². The van der Waals surface area contributed by atoms with Crippen molar-refractivity contribution < 1.29 is 34.1 Å². The number of amides is 3. The van der Waals surface area contributed by atoms with Crippen LogP contribution in [0, 0.1) is 0 Å². The van der Waals surface area contributed by atoms with Gasteiger partial charge in [0.2, 0.25) is 0 Å². The number of carboxylic acid groups (broad SMARTS) is 1. The maximum atomic E-state index is 12.7. The molecule has 0 aliphatic rings. The number of carbonyl (C=O) groups is 4. The summed E-state index contributed by atoms with van der Waals surface area (Å²) < 4.78 is 5.34. The average Bonchev–Trinajstić information content (AvgIpc) is 3.24. The van der Waals surface area contributed by atoms with E-state index in [2.05, 4.69) is 16.0 Å². The number of ether oxygens (including phenoxy) is 1. The average molecular weight is 566 g/mol. The molecule has 0 aliphatic heterocycles. The summed E-state index contributed by atoms with van der Waals surface area (Å²) in [5.41, 5.74) is 0.930. The first-order valence-corrected chi connectivity index (χ1v) is 12.2. The number of methoxy groups -OCH3 is 1. The predicted molar refractivity (Wildman–Crippen MR) is 138 cm³/mol. The van der Waals surface area contributed by atoms with Crippen molar-refractivity contribution in [2.75, 3.05) is 13.7 Å². The molecule has 37 heavy (non-hydrogen) atoms. The summed E-state index contributed by atoms with van der Waals surface area (Å²) in [6.07, 6.45) is 0. The Labute approximate surface area is 225 Å². The molecule has 1 heterocycles. The van der Waals surface area contributed by atoms with Crippen LogP contribution in [0.4, 0.5) is 0 Å². The van der Waals surface area contributed by atoms with Gasteiger partial charge in [0.1, 0.15) is 16.1 Å². The molecule has 3 amide bonds. The van der Waals surface area contributed by atoms with Gasteiger partial charge >= 0.3 is 5.97 Å². The molecule has 13 heteroatoms. The number of phenolic OH excluding ortho intramolecular Hbond substituents is 1. The highest BCUT2D eigenvalue weighted by molar-refractivity contribution is 7.15. The van der Waals surface area contributed by atoms with E-state index < -0.39 is 36.3 Å². The number of nitrogens with one attached hydrogen (secondary N) is 3. The van der Waals surface area contributed by atoms with Crippen molar-refractivity contribution in [3.8, 4) is 11.5 Å². The molecule has 10 nitrogen and oxygen atoms in total. The quantitative estimate of drug-likeness (QED) is 0.252. The van der Waals surface area contributed by atoms with Gasteiger partial charge < -0.3 is 30.9 Å². The van der Waals surface area contributed by atoms with Crippen LogP contribution in [0.5, 0.6) is 11.5 Å². The minimum absolute atomic E-state index is 0.0601. The normalized spacial score (nSPS) is 11.3. The Morgan fingerprint density at radius 3 is 2.41 bits per heavy atom. The fourth-order valence-corrected chi connectivity index (χ4v) is 4.50. The summed E-state index contributed by atoms with van der Waals surface area (Å²) in [5.74, 6) is -3.05. The molecule has 2 aromatic carbocycles. The maximum Gasteiger partial charge on any atom is 0.328 e. The van der Waals surface area contributed by atoms with Gasteiger partial charge in [0.05, 0.1) is 23.3 Å².